The second kappa shape index (κ2) is 7.11. The molecule has 0 aliphatic heterocycles. The highest BCUT2D eigenvalue weighted by Gasteiger charge is 2.26. The minimum atomic E-state index is -1.36. The van der Waals surface area contributed by atoms with Gasteiger partial charge in [-0.15, -0.1) is 0 Å². The maximum atomic E-state index is 13.9. The molecule has 1 rings (SSSR count). The fourth-order valence-electron chi connectivity index (χ4n) is 1.66. The van der Waals surface area contributed by atoms with Gasteiger partial charge in [-0.05, 0) is 33.4 Å². The molecule has 1 atom stereocenters. The summed E-state index contributed by atoms with van der Waals surface area (Å²) in [5.41, 5.74) is -1.28. The molecule has 22 heavy (non-hydrogen) atoms. The summed E-state index contributed by atoms with van der Waals surface area (Å²) in [5, 5.41) is 0. The molecule has 0 fully saturated rings. The Morgan fingerprint density at radius 2 is 1.86 bits per heavy atom. The first-order chi connectivity index (χ1) is 10.2. The summed E-state index contributed by atoms with van der Waals surface area (Å²) in [6, 6.07) is 0.451. The van der Waals surface area contributed by atoms with Crippen molar-refractivity contribution < 1.29 is 32.2 Å². The number of esters is 1. The molecule has 0 radical (unpaired) electrons. The molecular formula is C15H15F3O4. The Labute approximate surface area is 125 Å². The van der Waals surface area contributed by atoms with Crippen molar-refractivity contribution in [3.8, 4) is 0 Å². The first-order valence-corrected chi connectivity index (χ1v) is 6.41. The molecule has 0 aliphatic rings. The Bertz CT molecular complexity index is 626. The first-order valence-electron chi connectivity index (χ1n) is 6.41. The molecule has 0 aromatic heterocycles. The van der Waals surface area contributed by atoms with Crippen LogP contribution in [-0.4, -0.2) is 24.5 Å². The molecule has 1 aromatic rings. The topological polar surface area (TPSA) is 52.6 Å². The number of benzene rings is 1. The van der Waals surface area contributed by atoms with Crippen molar-refractivity contribution in [2.75, 3.05) is 6.61 Å². The lowest BCUT2D eigenvalue weighted by Gasteiger charge is -2.15. The molecule has 1 unspecified atom stereocenters. The van der Waals surface area contributed by atoms with Gasteiger partial charge in [0.05, 0.1) is 12.2 Å². The van der Waals surface area contributed by atoms with Gasteiger partial charge >= 0.3 is 5.97 Å². The normalized spacial score (nSPS) is 11.7. The average molecular weight is 316 g/mol. The highest BCUT2D eigenvalue weighted by Crippen LogP contribution is 2.21. The predicted octanol–water partition coefficient (Wildman–Crippen LogP) is 3.08. The van der Waals surface area contributed by atoms with Gasteiger partial charge in [-0.25, -0.2) is 18.0 Å². The van der Waals surface area contributed by atoms with Crippen LogP contribution >= 0.6 is 0 Å². The molecule has 7 heteroatoms. The van der Waals surface area contributed by atoms with Crippen molar-refractivity contribution in [1.29, 1.82) is 0 Å². The summed E-state index contributed by atoms with van der Waals surface area (Å²) in [4.78, 5) is 23.4. The number of ether oxygens (including phenoxy) is 2. The Morgan fingerprint density at radius 3 is 2.41 bits per heavy atom. The molecule has 0 heterocycles. The van der Waals surface area contributed by atoms with Gasteiger partial charge in [-0.2, -0.15) is 0 Å². The van der Waals surface area contributed by atoms with E-state index in [1.165, 1.54) is 6.92 Å². The quantitative estimate of drug-likeness (QED) is 0.266. The van der Waals surface area contributed by atoms with E-state index in [0.29, 0.717) is 6.07 Å². The lowest BCUT2D eigenvalue weighted by Crippen LogP contribution is -2.25. The van der Waals surface area contributed by atoms with Crippen molar-refractivity contribution >= 4 is 11.8 Å². The van der Waals surface area contributed by atoms with E-state index in [4.69, 9.17) is 4.74 Å². The molecule has 120 valence electrons. The lowest BCUT2D eigenvalue weighted by atomic mass is 10.0. The Morgan fingerprint density at radius 1 is 1.27 bits per heavy atom. The summed E-state index contributed by atoms with van der Waals surface area (Å²) < 4.78 is 49.9. The minimum absolute atomic E-state index is 0.0839. The molecule has 0 spiro atoms. The number of rotatable bonds is 6. The molecule has 0 bridgehead atoms. The van der Waals surface area contributed by atoms with Crippen LogP contribution in [0.2, 0.25) is 0 Å². The van der Waals surface area contributed by atoms with E-state index in [9.17, 15) is 22.8 Å². The van der Waals surface area contributed by atoms with Crippen LogP contribution in [0.15, 0.2) is 18.4 Å². The monoisotopic (exact) mass is 316 g/mol. The zero-order valence-electron chi connectivity index (χ0n) is 12.3. The minimum Gasteiger partial charge on any atom is -0.476 e. The molecule has 4 nitrogen and oxygen atoms in total. The fraction of sp³-hybridized carbons (Fsp3) is 0.333. The Hall–Kier alpha value is -2.31. The third kappa shape index (κ3) is 3.66. The van der Waals surface area contributed by atoms with Crippen molar-refractivity contribution in [3.63, 3.8) is 0 Å². The number of ketones is 1. The second-order valence-electron chi connectivity index (χ2n) is 4.43. The number of carbonyl (C=O) groups excluding carboxylic acids is 2. The van der Waals surface area contributed by atoms with Gasteiger partial charge in [-0.3, -0.25) is 4.79 Å². The van der Waals surface area contributed by atoms with Crippen LogP contribution in [0.1, 0.15) is 29.8 Å². The number of carbonyl (C=O) groups is 2. The van der Waals surface area contributed by atoms with Crippen LogP contribution in [0.25, 0.3) is 0 Å². The third-order valence-corrected chi connectivity index (χ3v) is 2.83. The van der Waals surface area contributed by atoms with Gasteiger partial charge in [0.2, 0.25) is 5.78 Å². The van der Waals surface area contributed by atoms with E-state index in [1.54, 1.807) is 6.92 Å². The van der Waals surface area contributed by atoms with E-state index in [1.807, 2.05) is 0 Å². The smallest absolute Gasteiger partial charge is 0.372 e. The first kappa shape index (κ1) is 17.7. The van der Waals surface area contributed by atoms with Crippen molar-refractivity contribution in [3.05, 3.63) is 47.0 Å². The van der Waals surface area contributed by atoms with Crippen molar-refractivity contribution in [2.45, 2.75) is 26.9 Å². The zero-order chi connectivity index (χ0) is 17.0. The Balaban J connectivity index is 2.97. The van der Waals surface area contributed by atoms with E-state index in [-0.39, 0.29) is 6.61 Å². The number of halogens is 3. The SMILES string of the molecule is C=C(OC(C)C(=O)c1cc(F)c(F)c(C)c1F)C(=O)OCC. The van der Waals surface area contributed by atoms with Gasteiger partial charge in [0.15, 0.2) is 23.5 Å². The molecule has 0 saturated heterocycles. The summed E-state index contributed by atoms with van der Waals surface area (Å²) in [7, 11) is 0. The van der Waals surface area contributed by atoms with E-state index >= 15 is 0 Å². The molecule has 0 N–H and O–H groups in total. The molecule has 1 aromatic carbocycles. The fourth-order valence-corrected chi connectivity index (χ4v) is 1.66. The standard InChI is InChI=1S/C15H15F3O4/c1-5-21-15(20)9(4)22-8(3)14(19)10-6-11(16)13(18)7(2)12(10)17/h6,8H,4-5H2,1-3H3. The van der Waals surface area contributed by atoms with Crippen molar-refractivity contribution in [2.24, 2.45) is 0 Å². The maximum absolute atomic E-state index is 13.9. The average Bonchev–Trinajstić information content (AvgIpc) is 2.48. The number of hydrogen-bond donors (Lipinski definition) is 0. The number of Topliss-reactive ketones (excluding diaryl/α,β-unsaturated/α-hetero) is 1. The molecular weight excluding hydrogens is 301 g/mol. The molecule has 0 amide bonds. The predicted molar refractivity (Wildman–Crippen MR) is 71.7 cm³/mol. The lowest BCUT2D eigenvalue weighted by molar-refractivity contribution is -0.143. The van der Waals surface area contributed by atoms with E-state index in [0.717, 1.165) is 6.92 Å². The second-order valence-corrected chi connectivity index (χ2v) is 4.43. The Kier molecular flexibility index (Phi) is 5.73. The van der Waals surface area contributed by atoms with E-state index in [2.05, 4.69) is 11.3 Å². The van der Waals surface area contributed by atoms with Crippen LogP contribution in [0.5, 0.6) is 0 Å². The van der Waals surface area contributed by atoms with Crippen LogP contribution in [0.3, 0.4) is 0 Å². The van der Waals surface area contributed by atoms with Gasteiger partial charge in [0.25, 0.3) is 0 Å². The number of hydrogen-bond acceptors (Lipinski definition) is 4. The van der Waals surface area contributed by atoms with Crippen LogP contribution in [0, 0.1) is 24.4 Å². The highest BCUT2D eigenvalue weighted by molar-refractivity contribution is 6.00. The third-order valence-electron chi connectivity index (χ3n) is 2.83. The summed E-state index contributed by atoms with van der Waals surface area (Å²) in [6.45, 7) is 7.17. The summed E-state index contributed by atoms with van der Waals surface area (Å²) in [6.07, 6.45) is -1.32. The summed E-state index contributed by atoms with van der Waals surface area (Å²) in [5.74, 6) is -6.16. The van der Waals surface area contributed by atoms with Gasteiger partial charge in [-0.1, -0.05) is 0 Å². The van der Waals surface area contributed by atoms with Crippen LogP contribution in [-0.2, 0) is 14.3 Å². The van der Waals surface area contributed by atoms with Crippen LogP contribution < -0.4 is 0 Å². The summed E-state index contributed by atoms with van der Waals surface area (Å²) >= 11 is 0. The molecule has 0 aliphatic carbocycles. The largest absolute Gasteiger partial charge is 0.476 e. The van der Waals surface area contributed by atoms with Crippen molar-refractivity contribution in [1.82, 2.24) is 0 Å². The maximum Gasteiger partial charge on any atom is 0.372 e. The van der Waals surface area contributed by atoms with Gasteiger partial charge < -0.3 is 9.47 Å². The van der Waals surface area contributed by atoms with Crippen LogP contribution in [0.4, 0.5) is 13.2 Å². The van der Waals surface area contributed by atoms with Gasteiger partial charge in [0.1, 0.15) is 5.82 Å². The van der Waals surface area contributed by atoms with Gasteiger partial charge in [0, 0.05) is 5.56 Å². The highest BCUT2D eigenvalue weighted by atomic mass is 19.2. The zero-order valence-corrected chi connectivity index (χ0v) is 12.3. The van der Waals surface area contributed by atoms with E-state index < -0.39 is 52.2 Å². The molecule has 0 saturated carbocycles.